The highest BCUT2D eigenvalue weighted by atomic mass is 127. The molecule has 1 saturated heterocycles. The summed E-state index contributed by atoms with van der Waals surface area (Å²) >= 11 is 0. The van der Waals surface area contributed by atoms with E-state index in [4.69, 9.17) is 0 Å². The fourth-order valence-corrected chi connectivity index (χ4v) is 4.65. The van der Waals surface area contributed by atoms with E-state index in [-0.39, 0.29) is 24.0 Å². The second-order valence-electron chi connectivity index (χ2n) is 8.30. The zero-order valence-corrected chi connectivity index (χ0v) is 19.7. The first-order chi connectivity index (χ1) is 12.6. The standard InChI is InChI=1S/C20H36N6.HI/c1-4-11-20(2)12-8-14-25(16-20)19(21-3)22-13-10-18-24-23-17-9-6-5-7-15-26(17)18;/h4-16H2,1-3H3,(H,21,22);1H. The highest BCUT2D eigenvalue weighted by Crippen LogP contribution is 2.33. The highest BCUT2D eigenvalue weighted by molar-refractivity contribution is 14.0. The molecular weight excluding hydrogens is 451 g/mol. The van der Waals surface area contributed by atoms with Gasteiger partial charge in [0.25, 0.3) is 0 Å². The first kappa shape index (κ1) is 22.4. The summed E-state index contributed by atoms with van der Waals surface area (Å²) in [5, 5.41) is 12.4. The largest absolute Gasteiger partial charge is 0.356 e. The molecule has 2 aliphatic heterocycles. The van der Waals surface area contributed by atoms with Gasteiger partial charge < -0.3 is 14.8 Å². The summed E-state index contributed by atoms with van der Waals surface area (Å²) < 4.78 is 2.34. The third-order valence-electron chi connectivity index (χ3n) is 5.96. The average molecular weight is 488 g/mol. The maximum atomic E-state index is 4.55. The molecular formula is C20H37IN6. The maximum absolute atomic E-state index is 4.55. The summed E-state index contributed by atoms with van der Waals surface area (Å²) in [6.07, 6.45) is 10.9. The normalized spacial score (nSPS) is 23.4. The van der Waals surface area contributed by atoms with Crippen LogP contribution in [0.3, 0.4) is 0 Å². The lowest BCUT2D eigenvalue weighted by molar-refractivity contribution is 0.142. The van der Waals surface area contributed by atoms with Gasteiger partial charge in [0, 0.05) is 46.1 Å². The van der Waals surface area contributed by atoms with Crippen LogP contribution in [0.4, 0.5) is 0 Å². The number of fused-ring (bicyclic) bond motifs is 1. The van der Waals surface area contributed by atoms with Crippen molar-refractivity contribution >= 4 is 29.9 Å². The van der Waals surface area contributed by atoms with Gasteiger partial charge in [-0.1, -0.05) is 26.7 Å². The van der Waals surface area contributed by atoms with E-state index in [0.717, 1.165) is 50.8 Å². The quantitative estimate of drug-likeness (QED) is 0.391. The zero-order valence-electron chi connectivity index (χ0n) is 17.3. The van der Waals surface area contributed by atoms with Crippen LogP contribution in [0.15, 0.2) is 4.99 Å². The predicted octanol–water partition coefficient (Wildman–Crippen LogP) is 3.64. The number of halogens is 1. The van der Waals surface area contributed by atoms with Gasteiger partial charge in [-0.25, -0.2) is 0 Å². The molecule has 3 heterocycles. The molecule has 27 heavy (non-hydrogen) atoms. The molecule has 0 radical (unpaired) electrons. The van der Waals surface area contributed by atoms with Gasteiger partial charge in [0.2, 0.25) is 0 Å². The molecule has 6 nitrogen and oxygen atoms in total. The van der Waals surface area contributed by atoms with Crippen LogP contribution in [-0.4, -0.2) is 52.3 Å². The minimum atomic E-state index is 0. The van der Waals surface area contributed by atoms with E-state index in [1.54, 1.807) is 0 Å². The van der Waals surface area contributed by atoms with Crippen molar-refractivity contribution in [3.05, 3.63) is 11.6 Å². The summed E-state index contributed by atoms with van der Waals surface area (Å²) in [5.41, 5.74) is 0.426. The number of likely N-dealkylation sites (tertiary alicyclic amines) is 1. The Bertz CT molecular complexity index is 610. The molecule has 0 bridgehead atoms. The van der Waals surface area contributed by atoms with Gasteiger partial charge in [-0.2, -0.15) is 0 Å². The number of guanidine groups is 1. The molecule has 0 spiro atoms. The van der Waals surface area contributed by atoms with E-state index in [9.17, 15) is 0 Å². The molecule has 0 aromatic carbocycles. The summed E-state index contributed by atoms with van der Waals surface area (Å²) in [6.45, 7) is 8.89. The summed E-state index contributed by atoms with van der Waals surface area (Å²) in [4.78, 5) is 7.00. The van der Waals surface area contributed by atoms with Crippen LogP contribution in [-0.2, 0) is 19.4 Å². The fourth-order valence-electron chi connectivity index (χ4n) is 4.65. The predicted molar refractivity (Wildman–Crippen MR) is 122 cm³/mol. The molecule has 1 fully saturated rings. The van der Waals surface area contributed by atoms with Gasteiger partial charge in [0.05, 0.1) is 0 Å². The van der Waals surface area contributed by atoms with Gasteiger partial charge in [0.15, 0.2) is 5.96 Å². The van der Waals surface area contributed by atoms with Crippen LogP contribution in [0.2, 0.25) is 0 Å². The molecule has 2 aliphatic rings. The van der Waals surface area contributed by atoms with Crippen molar-refractivity contribution in [2.75, 3.05) is 26.7 Å². The number of nitrogens with zero attached hydrogens (tertiary/aromatic N) is 5. The number of aromatic nitrogens is 3. The summed E-state index contributed by atoms with van der Waals surface area (Å²) in [5.74, 6) is 3.34. The third kappa shape index (κ3) is 5.81. The minimum Gasteiger partial charge on any atom is -0.356 e. The Kier molecular flexibility index (Phi) is 8.82. The van der Waals surface area contributed by atoms with Crippen LogP contribution in [0.5, 0.6) is 0 Å². The van der Waals surface area contributed by atoms with E-state index >= 15 is 0 Å². The van der Waals surface area contributed by atoms with Crippen molar-refractivity contribution < 1.29 is 0 Å². The molecule has 0 aliphatic carbocycles. The SMILES string of the molecule is CCCC1(C)CCCN(C(=NC)NCCc2nnc3n2CCCCC3)C1.I. The number of rotatable bonds is 5. The molecule has 1 aromatic heterocycles. The molecule has 0 amide bonds. The van der Waals surface area contributed by atoms with Crippen molar-refractivity contribution in [3.63, 3.8) is 0 Å². The summed E-state index contributed by atoms with van der Waals surface area (Å²) in [7, 11) is 1.90. The number of piperidine rings is 1. The van der Waals surface area contributed by atoms with Crippen molar-refractivity contribution in [2.24, 2.45) is 10.4 Å². The van der Waals surface area contributed by atoms with Gasteiger partial charge in [-0.3, -0.25) is 4.99 Å². The van der Waals surface area contributed by atoms with E-state index in [0.29, 0.717) is 5.41 Å². The molecule has 1 atom stereocenters. The van der Waals surface area contributed by atoms with Gasteiger partial charge in [-0.05, 0) is 37.5 Å². The Labute approximate surface area is 181 Å². The van der Waals surface area contributed by atoms with Crippen molar-refractivity contribution in [1.29, 1.82) is 0 Å². The molecule has 1 unspecified atom stereocenters. The molecule has 0 saturated carbocycles. The molecule has 7 heteroatoms. The van der Waals surface area contributed by atoms with Gasteiger partial charge >= 0.3 is 0 Å². The highest BCUT2D eigenvalue weighted by Gasteiger charge is 2.31. The fraction of sp³-hybridized carbons (Fsp3) is 0.850. The lowest BCUT2D eigenvalue weighted by Crippen LogP contribution is -2.50. The lowest BCUT2D eigenvalue weighted by atomic mass is 9.78. The Morgan fingerprint density at radius 3 is 2.81 bits per heavy atom. The number of nitrogens with one attached hydrogen (secondary N) is 1. The first-order valence-corrected chi connectivity index (χ1v) is 10.5. The zero-order chi connectivity index (χ0) is 18.4. The van der Waals surface area contributed by atoms with Crippen LogP contribution in [0.25, 0.3) is 0 Å². The van der Waals surface area contributed by atoms with Crippen molar-refractivity contribution in [2.45, 2.75) is 78.2 Å². The van der Waals surface area contributed by atoms with E-state index in [1.165, 1.54) is 50.8 Å². The molecule has 1 N–H and O–H groups in total. The summed E-state index contributed by atoms with van der Waals surface area (Å²) in [6, 6.07) is 0. The lowest BCUT2D eigenvalue weighted by Gasteiger charge is -2.42. The molecule has 1 aromatic rings. The maximum Gasteiger partial charge on any atom is 0.193 e. The monoisotopic (exact) mass is 488 g/mol. The Morgan fingerprint density at radius 1 is 1.19 bits per heavy atom. The van der Waals surface area contributed by atoms with E-state index < -0.39 is 0 Å². The smallest absolute Gasteiger partial charge is 0.193 e. The topological polar surface area (TPSA) is 58.3 Å². The molecule has 3 rings (SSSR count). The van der Waals surface area contributed by atoms with Gasteiger partial charge in [-0.15, -0.1) is 34.2 Å². The Morgan fingerprint density at radius 2 is 2.04 bits per heavy atom. The number of hydrogen-bond donors (Lipinski definition) is 1. The van der Waals surface area contributed by atoms with Crippen LogP contribution in [0.1, 0.15) is 70.4 Å². The van der Waals surface area contributed by atoms with Gasteiger partial charge in [0.1, 0.15) is 11.6 Å². The van der Waals surface area contributed by atoms with Crippen LogP contribution in [0, 0.1) is 5.41 Å². The average Bonchev–Trinajstić information content (AvgIpc) is 2.85. The van der Waals surface area contributed by atoms with Crippen molar-refractivity contribution in [1.82, 2.24) is 25.0 Å². The minimum absolute atomic E-state index is 0. The first-order valence-electron chi connectivity index (χ1n) is 10.5. The van der Waals surface area contributed by atoms with E-state index in [2.05, 4.69) is 43.8 Å². The molecule has 154 valence electrons. The number of aliphatic imine (C=N–C) groups is 1. The van der Waals surface area contributed by atoms with Crippen LogP contribution >= 0.6 is 24.0 Å². The number of aryl methyl sites for hydroxylation is 1. The van der Waals surface area contributed by atoms with Crippen molar-refractivity contribution in [3.8, 4) is 0 Å². The number of hydrogen-bond acceptors (Lipinski definition) is 3. The van der Waals surface area contributed by atoms with Crippen LogP contribution < -0.4 is 5.32 Å². The van der Waals surface area contributed by atoms with E-state index in [1.807, 2.05) is 7.05 Å². The second kappa shape index (κ2) is 10.6. The third-order valence-corrected chi connectivity index (χ3v) is 5.96. The second-order valence-corrected chi connectivity index (χ2v) is 8.30. The Balaban J connectivity index is 0.00000261. The Hall–Kier alpha value is -0.860.